The Hall–Kier alpha value is -1.48. The maximum atomic E-state index is 5.94. The maximum Gasteiger partial charge on any atom is 0.166 e. The van der Waals surface area contributed by atoms with E-state index in [2.05, 4.69) is 31.8 Å². The Morgan fingerprint density at radius 2 is 2.00 bits per heavy atom. The summed E-state index contributed by atoms with van der Waals surface area (Å²) in [5, 5.41) is 3.40. The van der Waals surface area contributed by atoms with Gasteiger partial charge in [0, 0.05) is 12.1 Å². The topological polar surface area (TPSA) is 30.5 Å². The van der Waals surface area contributed by atoms with Crippen LogP contribution in [0.15, 0.2) is 30.4 Å². The van der Waals surface area contributed by atoms with Crippen molar-refractivity contribution in [2.45, 2.75) is 40.2 Å². The summed E-state index contributed by atoms with van der Waals surface area (Å²) in [7, 11) is 0. The van der Waals surface area contributed by atoms with Crippen molar-refractivity contribution in [3.8, 4) is 11.5 Å². The summed E-state index contributed by atoms with van der Waals surface area (Å²) >= 11 is 0. The molecule has 1 rings (SSSR count). The zero-order valence-electron chi connectivity index (χ0n) is 13.0. The summed E-state index contributed by atoms with van der Waals surface area (Å²) in [6.45, 7) is 13.2. The molecule has 0 bridgehead atoms. The van der Waals surface area contributed by atoms with E-state index < -0.39 is 0 Å². The molecular weight excluding hydrogens is 250 g/mol. The smallest absolute Gasteiger partial charge is 0.166 e. The molecule has 0 atom stereocenters. The minimum absolute atomic E-state index is 0.543. The zero-order valence-corrected chi connectivity index (χ0v) is 13.0. The van der Waals surface area contributed by atoms with Crippen LogP contribution in [0.4, 0.5) is 0 Å². The first-order chi connectivity index (χ1) is 9.72. The Kier molecular flexibility index (Phi) is 7.81. The first-order valence-electron chi connectivity index (χ1n) is 7.47. The molecule has 0 spiro atoms. The van der Waals surface area contributed by atoms with Gasteiger partial charge in [0.1, 0.15) is 6.61 Å². The van der Waals surface area contributed by atoms with Crippen LogP contribution in [0.2, 0.25) is 0 Å². The number of nitrogens with one attached hydrogen (secondary N) is 1. The molecule has 0 saturated heterocycles. The first kappa shape index (κ1) is 16.6. The van der Waals surface area contributed by atoms with Crippen LogP contribution in [-0.4, -0.2) is 19.8 Å². The summed E-state index contributed by atoms with van der Waals surface area (Å²) < 4.78 is 11.6. The van der Waals surface area contributed by atoms with Gasteiger partial charge >= 0.3 is 0 Å². The van der Waals surface area contributed by atoms with Gasteiger partial charge in [-0.2, -0.15) is 0 Å². The first-order valence-corrected chi connectivity index (χ1v) is 7.47. The van der Waals surface area contributed by atoms with E-state index >= 15 is 0 Å². The number of hydrogen-bond donors (Lipinski definition) is 1. The predicted molar refractivity (Wildman–Crippen MR) is 84.5 cm³/mol. The van der Waals surface area contributed by atoms with E-state index in [1.807, 2.05) is 19.1 Å². The predicted octanol–water partition coefficient (Wildman–Crippen LogP) is 3.93. The molecule has 20 heavy (non-hydrogen) atoms. The zero-order chi connectivity index (χ0) is 14.8. The molecule has 0 fully saturated rings. The van der Waals surface area contributed by atoms with E-state index in [-0.39, 0.29) is 0 Å². The van der Waals surface area contributed by atoms with Gasteiger partial charge in [0.2, 0.25) is 0 Å². The highest BCUT2D eigenvalue weighted by Gasteiger charge is 2.11. The molecule has 0 aliphatic rings. The highest BCUT2D eigenvalue weighted by Crippen LogP contribution is 2.31. The van der Waals surface area contributed by atoms with Crippen LogP contribution < -0.4 is 14.8 Å². The normalized spacial score (nSPS) is 10.3. The van der Waals surface area contributed by atoms with Crippen molar-refractivity contribution in [1.29, 1.82) is 0 Å². The standard InChI is InChI=1S/C17H27NO2/c1-5-11-18-12-15-9-8-10-16(19-7-3)17(15)20-13-14(4)6-2/h8-10,18H,4-7,11-13H2,1-3H3. The fraction of sp³-hybridized carbons (Fsp3) is 0.529. The van der Waals surface area contributed by atoms with E-state index in [0.29, 0.717) is 13.2 Å². The van der Waals surface area contributed by atoms with Crippen LogP contribution in [0.5, 0.6) is 11.5 Å². The molecule has 1 N–H and O–H groups in total. The van der Waals surface area contributed by atoms with Crippen molar-refractivity contribution < 1.29 is 9.47 Å². The highest BCUT2D eigenvalue weighted by molar-refractivity contribution is 5.46. The molecule has 1 aromatic carbocycles. The molecule has 0 aliphatic carbocycles. The van der Waals surface area contributed by atoms with E-state index in [1.165, 1.54) is 0 Å². The lowest BCUT2D eigenvalue weighted by atomic mass is 10.1. The number of benzene rings is 1. The average molecular weight is 277 g/mol. The lowest BCUT2D eigenvalue weighted by molar-refractivity contribution is 0.289. The summed E-state index contributed by atoms with van der Waals surface area (Å²) in [5.41, 5.74) is 2.22. The lowest BCUT2D eigenvalue weighted by Gasteiger charge is -2.16. The molecule has 0 unspecified atom stereocenters. The number of para-hydroxylation sites is 1. The van der Waals surface area contributed by atoms with E-state index in [4.69, 9.17) is 9.47 Å². The van der Waals surface area contributed by atoms with E-state index in [9.17, 15) is 0 Å². The Labute approximate surface area is 123 Å². The van der Waals surface area contributed by atoms with Gasteiger partial charge in [-0.05, 0) is 37.9 Å². The van der Waals surface area contributed by atoms with Crippen molar-refractivity contribution >= 4 is 0 Å². The van der Waals surface area contributed by atoms with Crippen molar-refractivity contribution in [3.05, 3.63) is 35.9 Å². The van der Waals surface area contributed by atoms with Gasteiger partial charge in [-0.3, -0.25) is 0 Å². The molecular formula is C17H27NO2. The lowest BCUT2D eigenvalue weighted by Crippen LogP contribution is -2.15. The second kappa shape index (κ2) is 9.43. The summed E-state index contributed by atoms with van der Waals surface area (Å²) in [5.74, 6) is 1.65. The number of ether oxygens (including phenoxy) is 2. The Balaban J connectivity index is 2.84. The molecule has 3 nitrogen and oxygen atoms in total. The third-order valence-electron chi connectivity index (χ3n) is 3.02. The van der Waals surface area contributed by atoms with Gasteiger partial charge in [-0.1, -0.05) is 32.6 Å². The van der Waals surface area contributed by atoms with Crippen molar-refractivity contribution in [2.75, 3.05) is 19.8 Å². The number of rotatable bonds is 10. The van der Waals surface area contributed by atoms with Crippen molar-refractivity contribution in [2.24, 2.45) is 0 Å². The van der Waals surface area contributed by atoms with Crippen LogP contribution in [0.1, 0.15) is 39.2 Å². The Morgan fingerprint density at radius 1 is 1.20 bits per heavy atom. The molecule has 0 saturated carbocycles. The second-order valence-electron chi connectivity index (χ2n) is 4.75. The summed E-state index contributed by atoms with van der Waals surface area (Å²) in [4.78, 5) is 0. The monoisotopic (exact) mass is 277 g/mol. The summed E-state index contributed by atoms with van der Waals surface area (Å²) in [6, 6.07) is 6.04. The van der Waals surface area contributed by atoms with Crippen LogP contribution >= 0.6 is 0 Å². The molecule has 0 aliphatic heterocycles. The molecule has 0 amide bonds. The molecule has 112 valence electrons. The van der Waals surface area contributed by atoms with Crippen molar-refractivity contribution in [1.82, 2.24) is 5.32 Å². The van der Waals surface area contributed by atoms with Gasteiger partial charge in [-0.25, -0.2) is 0 Å². The molecule has 3 heteroatoms. The van der Waals surface area contributed by atoms with Crippen molar-refractivity contribution in [3.63, 3.8) is 0 Å². The average Bonchev–Trinajstić information content (AvgIpc) is 2.46. The third-order valence-corrected chi connectivity index (χ3v) is 3.02. The fourth-order valence-electron chi connectivity index (χ4n) is 1.81. The third kappa shape index (κ3) is 5.25. The van der Waals surface area contributed by atoms with Gasteiger partial charge in [0.05, 0.1) is 6.61 Å². The SMILES string of the molecule is C=C(CC)COc1c(CNCCC)cccc1OCC. The van der Waals surface area contributed by atoms with Crippen LogP contribution in [0, 0.1) is 0 Å². The maximum absolute atomic E-state index is 5.94. The molecule has 0 heterocycles. The van der Waals surface area contributed by atoms with Gasteiger partial charge in [0.15, 0.2) is 11.5 Å². The van der Waals surface area contributed by atoms with E-state index in [0.717, 1.165) is 48.6 Å². The minimum atomic E-state index is 0.543. The van der Waals surface area contributed by atoms with Gasteiger partial charge < -0.3 is 14.8 Å². The summed E-state index contributed by atoms with van der Waals surface area (Å²) in [6.07, 6.45) is 2.05. The highest BCUT2D eigenvalue weighted by atomic mass is 16.5. The largest absolute Gasteiger partial charge is 0.490 e. The van der Waals surface area contributed by atoms with Gasteiger partial charge in [0.25, 0.3) is 0 Å². The Bertz CT molecular complexity index is 415. The van der Waals surface area contributed by atoms with E-state index in [1.54, 1.807) is 0 Å². The Morgan fingerprint density at radius 3 is 2.65 bits per heavy atom. The van der Waals surface area contributed by atoms with Gasteiger partial charge in [-0.15, -0.1) is 0 Å². The molecule has 1 aromatic rings. The van der Waals surface area contributed by atoms with Crippen LogP contribution in [-0.2, 0) is 6.54 Å². The number of hydrogen-bond acceptors (Lipinski definition) is 3. The minimum Gasteiger partial charge on any atom is -0.490 e. The second-order valence-corrected chi connectivity index (χ2v) is 4.75. The molecule has 0 aromatic heterocycles. The van der Waals surface area contributed by atoms with Crippen LogP contribution in [0.3, 0.4) is 0 Å². The van der Waals surface area contributed by atoms with Crippen LogP contribution in [0.25, 0.3) is 0 Å². The quantitative estimate of drug-likeness (QED) is 0.519. The fourth-order valence-corrected chi connectivity index (χ4v) is 1.81. The molecule has 0 radical (unpaired) electrons.